The molecule has 0 saturated heterocycles. The van der Waals surface area contributed by atoms with Crippen molar-refractivity contribution in [2.24, 2.45) is 5.73 Å². The minimum Gasteiger partial charge on any atom is -0.361 e. The Kier molecular flexibility index (Phi) is 3.71. The number of hydrogen-bond donors (Lipinski definition) is 1. The second kappa shape index (κ2) is 4.83. The second-order valence-corrected chi connectivity index (χ2v) is 4.97. The zero-order valence-corrected chi connectivity index (χ0v) is 9.02. The van der Waals surface area contributed by atoms with E-state index in [1.54, 1.807) is 5.94 Å². The van der Waals surface area contributed by atoms with Crippen LogP contribution in [0.15, 0.2) is 29.4 Å². The van der Waals surface area contributed by atoms with E-state index in [1.165, 1.54) is 18.2 Å². The molecule has 0 heterocycles. The van der Waals surface area contributed by atoms with Crippen molar-refractivity contribution in [3.05, 3.63) is 34.9 Å². The Balaban J connectivity index is 3.23. The van der Waals surface area contributed by atoms with Gasteiger partial charge in [-0.05, 0) is 11.6 Å². The van der Waals surface area contributed by atoms with E-state index in [4.69, 9.17) is 11.3 Å². The molecule has 2 N–H and O–H groups in total. The molecular weight excluding hydrogens is 230 g/mol. The molecule has 1 aliphatic carbocycles. The lowest BCUT2D eigenvalue weighted by atomic mass is 10.0. The SMILES string of the molecule is [N-]=[N+]=CS(=O)(=O)C1C=CC(CN)=CC1=C=O. The molecule has 6 nitrogen and oxygen atoms in total. The summed E-state index contributed by atoms with van der Waals surface area (Å²) in [6, 6.07) is 0. The van der Waals surface area contributed by atoms with Gasteiger partial charge in [-0.1, -0.05) is 12.2 Å². The van der Waals surface area contributed by atoms with Crippen molar-refractivity contribution in [1.29, 1.82) is 0 Å². The third-order valence-electron chi connectivity index (χ3n) is 2.03. The number of rotatable bonds is 3. The minimum atomic E-state index is -3.84. The van der Waals surface area contributed by atoms with Crippen LogP contribution in [0.5, 0.6) is 0 Å². The molecule has 0 aromatic carbocycles. The minimum absolute atomic E-state index is 0.0529. The summed E-state index contributed by atoms with van der Waals surface area (Å²) in [5.74, 6) is 1.54. The number of nitrogens with zero attached hydrogens (tertiary/aromatic N) is 2. The summed E-state index contributed by atoms with van der Waals surface area (Å²) >= 11 is 0. The van der Waals surface area contributed by atoms with Gasteiger partial charge in [0.25, 0.3) is 9.84 Å². The molecule has 0 radical (unpaired) electrons. The molecule has 1 atom stereocenters. The predicted octanol–water partition coefficient (Wildman–Crippen LogP) is -0.759. The van der Waals surface area contributed by atoms with Crippen molar-refractivity contribution in [2.75, 3.05) is 6.54 Å². The Hall–Kier alpha value is -1.78. The highest BCUT2D eigenvalue weighted by molar-refractivity contribution is 8.05. The largest absolute Gasteiger partial charge is 0.371 e. The van der Waals surface area contributed by atoms with Crippen LogP contribution in [0.4, 0.5) is 0 Å². The van der Waals surface area contributed by atoms with Crippen molar-refractivity contribution in [3.63, 3.8) is 0 Å². The molecule has 0 saturated carbocycles. The van der Waals surface area contributed by atoms with Crippen LogP contribution in [-0.2, 0) is 14.6 Å². The van der Waals surface area contributed by atoms with Gasteiger partial charge in [-0.3, -0.25) is 0 Å². The van der Waals surface area contributed by atoms with Crippen LogP contribution in [0.1, 0.15) is 0 Å². The highest BCUT2D eigenvalue weighted by Crippen LogP contribution is 2.19. The normalized spacial score (nSPS) is 19.7. The quantitative estimate of drug-likeness (QED) is 0.229. The topological polar surface area (TPSA) is 114 Å². The molecular formula is C9H9N3O3S. The summed E-state index contributed by atoms with van der Waals surface area (Å²) < 4.78 is 23.1. The smallest absolute Gasteiger partial charge is 0.361 e. The van der Waals surface area contributed by atoms with Crippen molar-refractivity contribution in [1.82, 2.24) is 0 Å². The summed E-state index contributed by atoms with van der Waals surface area (Å²) in [6.45, 7) is 0.197. The van der Waals surface area contributed by atoms with Gasteiger partial charge in [0, 0.05) is 6.54 Å². The molecule has 16 heavy (non-hydrogen) atoms. The lowest BCUT2D eigenvalue weighted by Gasteiger charge is -2.12. The molecule has 7 heteroatoms. The standard InChI is InChI=1S/C9H9N3O3S/c10-4-7-1-2-9(8(3-7)5-13)16(14,15)6-12-11/h1-3,6,9H,4,10H2. The number of carbonyl (C=O) groups excluding carboxylic acids is 1. The van der Waals surface area contributed by atoms with E-state index in [0.29, 0.717) is 11.1 Å². The van der Waals surface area contributed by atoms with Gasteiger partial charge in [0.05, 0.1) is 5.57 Å². The van der Waals surface area contributed by atoms with Crippen LogP contribution in [0.3, 0.4) is 0 Å². The molecule has 1 rings (SSSR count). The monoisotopic (exact) mass is 239 g/mol. The van der Waals surface area contributed by atoms with Crippen LogP contribution in [-0.4, -0.2) is 36.5 Å². The third-order valence-corrected chi connectivity index (χ3v) is 3.54. The Morgan fingerprint density at radius 1 is 1.62 bits per heavy atom. The van der Waals surface area contributed by atoms with Crippen LogP contribution in [0, 0.1) is 0 Å². The maximum absolute atomic E-state index is 11.5. The van der Waals surface area contributed by atoms with E-state index in [9.17, 15) is 13.2 Å². The van der Waals surface area contributed by atoms with Crippen molar-refractivity contribution >= 4 is 21.3 Å². The van der Waals surface area contributed by atoms with E-state index in [2.05, 4.69) is 4.79 Å². The first-order valence-corrected chi connectivity index (χ1v) is 5.91. The van der Waals surface area contributed by atoms with Crippen LogP contribution in [0.2, 0.25) is 0 Å². The number of nitrogens with two attached hydrogens (primary N) is 1. The first kappa shape index (κ1) is 12.3. The Morgan fingerprint density at radius 2 is 2.31 bits per heavy atom. The zero-order valence-electron chi connectivity index (χ0n) is 8.20. The molecule has 0 spiro atoms. The van der Waals surface area contributed by atoms with E-state index in [-0.39, 0.29) is 12.1 Å². The summed E-state index contributed by atoms with van der Waals surface area (Å²) in [7, 11) is -3.84. The van der Waals surface area contributed by atoms with Crippen molar-refractivity contribution in [2.45, 2.75) is 5.25 Å². The van der Waals surface area contributed by atoms with Crippen LogP contribution in [0.25, 0.3) is 5.53 Å². The number of hydrogen-bond acceptors (Lipinski definition) is 4. The summed E-state index contributed by atoms with van der Waals surface area (Å²) in [5, 5.41) is -1.17. The third kappa shape index (κ3) is 2.42. The fourth-order valence-electron chi connectivity index (χ4n) is 1.28. The van der Waals surface area contributed by atoms with Gasteiger partial charge in [-0.25, -0.2) is 13.2 Å². The summed E-state index contributed by atoms with van der Waals surface area (Å²) in [5.41, 5.74) is 14.5. The summed E-state index contributed by atoms with van der Waals surface area (Å²) in [6.07, 6.45) is 4.17. The average Bonchev–Trinajstić information content (AvgIpc) is 2.28. The first-order valence-electron chi connectivity index (χ1n) is 4.30. The molecule has 0 aromatic rings. The molecule has 0 amide bonds. The fourth-order valence-corrected chi connectivity index (χ4v) is 2.31. The molecule has 0 bridgehead atoms. The predicted molar refractivity (Wildman–Crippen MR) is 57.9 cm³/mol. The summed E-state index contributed by atoms with van der Waals surface area (Å²) in [4.78, 5) is 13.1. The Bertz CT molecular complexity index is 547. The molecule has 0 fully saturated rings. The van der Waals surface area contributed by atoms with Crippen molar-refractivity contribution in [3.8, 4) is 0 Å². The van der Waals surface area contributed by atoms with Gasteiger partial charge in [-0.2, -0.15) is 4.79 Å². The highest BCUT2D eigenvalue weighted by Gasteiger charge is 2.30. The van der Waals surface area contributed by atoms with E-state index in [1.807, 2.05) is 0 Å². The maximum atomic E-state index is 11.5. The lowest BCUT2D eigenvalue weighted by molar-refractivity contribution is 0.00752. The van der Waals surface area contributed by atoms with Crippen LogP contribution >= 0.6 is 0 Å². The molecule has 0 aliphatic heterocycles. The first-order chi connectivity index (χ1) is 7.55. The van der Waals surface area contributed by atoms with Gasteiger partial charge in [-0.15, -0.1) is 0 Å². The van der Waals surface area contributed by atoms with Crippen LogP contribution < -0.4 is 5.73 Å². The molecule has 1 aliphatic rings. The molecule has 0 aromatic heterocycles. The van der Waals surface area contributed by atoms with E-state index < -0.39 is 15.1 Å². The zero-order chi connectivity index (χ0) is 12.2. The second-order valence-electron chi connectivity index (χ2n) is 3.07. The van der Waals surface area contributed by atoms with E-state index >= 15 is 0 Å². The van der Waals surface area contributed by atoms with Gasteiger partial charge in [0.2, 0.25) is 0 Å². The molecule has 84 valence electrons. The number of sulfone groups is 1. The van der Waals surface area contributed by atoms with Gasteiger partial charge in [0.1, 0.15) is 11.2 Å². The Labute approximate surface area is 92.3 Å². The van der Waals surface area contributed by atoms with Gasteiger partial charge < -0.3 is 11.3 Å². The fraction of sp³-hybridized carbons (Fsp3) is 0.222. The van der Waals surface area contributed by atoms with E-state index in [0.717, 1.165) is 0 Å². The average molecular weight is 239 g/mol. The maximum Gasteiger partial charge on any atom is 0.371 e. The lowest BCUT2D eigenvalue weighted by Crippen LogP contribution is -2.25. The van der Waals surface area contributed by atoms with Gasteiger partial charge >= 0.3 is 5.55 Å². The van der Waals surface area contributed by atoms with Gasteiger partial charge in [0.15, 0.2) is 0 Å². The Morgan fingerprint density at radius 3 is 2.81 bits per heavy atom. The van der Waals surface area contributed by atoms with Crippen molar-refractivity contribution < 1.29 is 18.0 Å². The highest BCUT2D eigenvalue weighted by atomic mass is 32.2. The number of allylic oxidation sites excluding steroid dienone is 1. The molecule has 1 unspecified atom stereocenters.